The van der Waals surface area contributed by atoms with Gasteiger partial charge < -0.3 is 9.47 Å². The van der Waals surface area contributed by atoms with E-state index >= 15 is 0 Å². The number of methoxy groups -OCH3 is 1. The first-order valence-electron chi connectivity index (χ1n) is 11.7. The van der Waals surface area contributed by atoms with Crippen LogP contribution >= 0.6 is 11.6 Å². The summed E-state index contributed by atoms with van der Waals surface area (Å²) in [6.07, 6.45) is 0.700. The average Bonchev–Trinajstić information content (AvgIpc) is 3.65. The van der Waals surface area contributed by atoms with Crippen LogP contribution in [0.3, 0.4) is 0 Å². The first kappa shape index (κ1) is 24.5. The molecule has 0 spiro atoms. The van der Waals surface area contributed by atoms with Crippen molar-refractivity contribution < 1.29 is 14.3 Å². The maximum atomic E-state index is 12.7. The zero-order chi connectivity index (χ0) is 24.0. The largest absolute Gasteiger partial charge is 0.468 e. The molecular formula is C29H32ClNO3. The highest BCUT2D eigenvalue weighted by molar-refractivity contribution is 6.31. The van der Waals surface area contributed by atoms with Gasteiger partial charge in [-0.1, -0.05) is 91.0 Å². The summed E-state index contributed by atoms with van der Waals surface area (Å²) in [5.74, 6) is -0.296. The van der Waals surface area contributed by atoms with Crippen molar-refractivity contribution in [3.8, 4) is 0 Å². The highest BCUT2D eigenvalue weighted by Crippen LogP contribution is 2.56. The smallest absolute Gasteiger partial charge is 0.325 e. The molecule has 1 saturated carbocycles. The zero-order valence-corrected chi connectivity index (χ0v) is 20.5. The molecule has 4 unspecified atom stereocenters. The molecule has 0 radical (unpaired) electrons. The van der Waals surface area contributed by atoms with Crippen LogP contribution in [0.4, 0.5) is 0 Å². The lowest BCUT2D eigenvalue weighted by atomic mass is 10.0. The number of hydrogen-bond acceptors (Lipinski definition) is 4. The van der Waals surface area contributed by atoms with E-state index in [-0.39, 0.29) is 12.0 Å². The molecule has 34 heavy (non-hydrogen) atoms. The molecular weight excluding hydrogens is 446 g/mol. The summed E-state index contributed by atoms with van der Waals surface area (Å²) < 4.78 is 11.4. The molecule has 0 heterocycles. The molecule has 0 amide bonds. The van der Waals surface area contributed by atoms with Gasteiger partial charge in [-0.05, 0) is 30.0 Å². The predicted octanol–water partition coefficient (Wildman–Crippen LogP) is 5.83. The van der Waals surface area contributed by atoms with Gasteiger partial charge in [0.25, 0.3) is 0 Å². The monoisotopic (exact) mass is 477 g/mol. The third-order valence-electron chi connectivity index (χ3n) is 6.82. The van der Waals surface area contributed by atoms with Crippen molar-refractivity contribution in [2.24, 2.45) is 5.92 Å². The number of carbonyl (C=O) groups is 1. The molecule has 4 atom stereocenters. The van der Waals surface area contributed by atoms with Gasteiger partial charge in [0, 0.05) is 19.0 Å². The number of alkyl halides is 1. The van der Waals surface area contributed by atoms with Crippen LogP contribution in [0.5, 0.6) is 0 Å². The second-order valence-corrected chi connectivity index (χ2v) is 9.45. The SMILES string of the molecule is COC(=O)C(Cl)C1(N(Cc2ccccc2)Cc2ccccc2)CC1C(C)OCc1ccccc1. The van der Waals surface area contributed by atoms with Crippen molar-refractivity contribution in [1.82, 2.24) is 4.90 Å². The van der Waals surface area contributed by atoms with Crippen molar-refractivity contribution in [2.75, 3.05) is 7.11 Å². The second-order valence-electron chi connectivity index (χ2n) is 9.02. The molecule has 4 nitrogen and oxygen atoms in total. The van der Waals surface area contributed by atoms with Crippen LogP contribution < -0.4 is 0 Å². The zero-order valence-electron chi connectivity index (χ0n) is 19.8. The Balaban J connectivity index is 1.61. The van der Waals surface area contributed by atoms with Crippen molar-refractivity contribution >= 4 is 17.6 Å². The van der Waals surface area contributed by atoms with E-state index in [1.54, 1.807) is 0 Å². The molecule has 1 aliphatic carbocycles. The van der Waals surface area contributed by atoms with E-state index in [2.05, 4.69) is 48.2 Å². The summed E-state index contributed by atoms with van der Waals surface area (Å²) in [5.41, 5.74) is 2.92. The number of rotatable bonds is 11. The van der Waals surface area contributed by atoms with E-state index in [9.17, 15) is 4.79 Å². The van der Waals surface area contributed by atoms with E-state index in [0.29, 0.717) is 19.7 Å². The fourth-order valence-corrected chi connectivity index (χ4v) is 5.34. The fourth-order valence-electron chi connectivity index (χ4n) is 4.86. The number of benzene rings is 3. The number of ether oxygens (including phenoxy) is 2. The molecule has 1 fully saturated rings. The highest BCUT2D eigenvalue weighted by Gasteiger charge is 2.66. The quantitative estimate of drug-likeness (QED) is 0.257. The molecule has 1 aliphatic rings. The van der Waals surface area contributed by atoms with Crippen molar-refractivity contribution in [2.45, 2.75) is 50.1 Å². The van der Waals surface area contributed by atoms with Crippen molar-refractivity contribution in [1.29, 1.82) is 0 Å². The molecule has 0 N–H and O–H groups in total. The van der Waals surface area contributed by atoms with Gasteiger partial charge >= 0.3 is 5.97 Å². The second kappa shape index (κ2) is 11.2. The Labute approximate surface area is 207 Å². The van der Waals surface area contributed by atoms with E-state index in [1.807, 2.05) is 54.6 Å². The molecule has 0 saturated heterocycles. The molecule has 3 aromatic rings. The topological polar surface area (TPSA) is 38.8 Å². The third-order valence-corrected chi connectivity index (χ3v) is 7.38. The van der Waals surface area contributed by atoms with Gasteiger partial charge in [0.15, 0.2) is 0 Å². The molecule has 0 aromatic heterocycles. The van der Waals surface area contributed by atoms with Crippen LogP contribution in [0, 0.1) is 5.92 Å². The predicted molar refractivity (Wildman–Crippen MR) is 135 cm³/mol. The van der Waals surface area contributed by atoms with Crippen molar-refractivity contribution in [3.05, 3.63) is 108 Å². The maximum absolute atomic E-state index is 12.7. The molecule has 3 aromatic carbocycles. The maximum Gasteiger partial charge on any atom is 0.325 e. The number of esters is 1. The number of carbonyl (C=O) groups excluding carboxylic acids is 1. The van der Waals surface area contributed by atoms with Gasteiger partial charge in [-0.3, -0.25) is 9.69 Å². The third kappa shape index (κ3) is 5.52. The van der Waals surface area contributed by atoms with Gasteiger partial charge in [-0.25, -0.2) is 0 Å². The normalized spacial score (nSPS) is 21.1. The first-order chi connectivity index (χ1) is 16.5. The lowest BCUT2D eigenvalue weighted by Crippen LogP contribution is -2.49. The van der Waals surface area contributed by atoms with Gasteiger partial charge in [-0.2, -0.15) is 0 Å². The Bertz CT molecular complexity index is 1010. The molecule has 4 rings (SSSR count). The minimum Gasteiger partial charge on any atom is -0.468 e. The van der Waals surface area contributed by atoms with Crippen molar-refractivity contribution in [3.63, 3.8) is 0 Å². The first-order valence-corrected chi connectivity index (χ1v) is 12.2. The Hall–Kier alpha value is -2.66. The highest BCUT2D eigenvalue weighted by atomic mass is 35.5. The summed E-state index contributed by atoms with van der Waals surface area (Å²) in [6.45, 7) is 3.96. The van der Waals surface area contributed by atoms with E-state index < -0.39 is 16.9 Å². The number of halogens is 1. The molecule has 0 aliphatic heterocycles. The summed E-state index contributed by atoms with van der Waals surface area (Å²) >= 11 is 6.90. The van der Waals surface area contributed by atoms with Crippen LogP contribution in [0.15, 0.2) is 91.0 Å². The van der Waals surface area contributed by atoms with E-state index in [1.165, 1.54) is 18.2 Å². The minimum absolute atomic E-state index is 0.0693. The van der Waals surface area contributed by atoms with E-state index in [0.717, 1.165) is 12.0 Å². The summed E-state index contributed by atoms with van der Waals surface area (Å²) in [4.78, 5) is 15.1. The Morgan fingerprint density at radius 1 is 0.912 bits per heavy atom. The van der Waals surface area contributed by atoms with Crippen LogP contribution in [-0.2, 0) is 34.0 Å². The summed E-state index contributed by atoms with van der Waals surface area (Å²) in [5, 5.41) is -0.794. The van der Waals surface area contributed by atoms with Gasteiger partial charge in [0.1, 0.15) is 5.38 Å². The minimum atomic E-state index is -0.794. The van der Waals surface area contributed by atoms with Crippen LogP contribution in [0.25, 0.3) is 0 Å². The average molecular weight is 478 g/mol. The summed E-state index contributed by atoms with van der Waals surface area (Å²) in [6, 6.07) is 30.8. The Morgan fingerprint density at radius 3 is 1.85 bits per heavy atom. The summed E-state index contributed by atoms with van der Waals surface area (Å²) in [7, 11) is 1.40. The molecule has 0 bridgehead atoms. The fraction of sp³-hybridized carbons (Fsp3) is 0.345. The molecule has 5 heteroatoms. The lowest BCUT2D eigenvalue weighted by Gasteiger charge is -2.36. The number of nitrogens with zero attached hydrogens (tertiary/aromatic N) is 1. The standard InChI is InChI=1S/C29H32ClNO3/c1-22(34-21-25-16-10-5-11-17-25)26-18-29(26,27(30)28(32)33-2)31(19-23-12-6-3-7-13-23)20-24-14-8-4-9-15-24/h3-17,22,26-27H,18-21H2,1-2H3. The van der Waals surface area contributed by atoms with Crippen LogP contribution in [-0.4, -0.2) is 35.0 Å². The molecule has 178 valence electrons. The van der Waals surface area contributed by atoms with E-state index in [4.69, 9.17) is 21.1 Å². The van der Waals surface area contributed by atoms with Gasteiger partial charge in [0.2, 0.25) is 0 Å². The van der Waals surface area contributed by atoms with Gasteiger partial charge in [0.05, 0.1) is 25.4 Å². The lowest BCUT2D eigenvalue weighted by molar-refractivity contribution is -0.142. The Morgan fingerprint density at radius 2 is 1.38 bits per heavy atom. The Kier molecular flexibility index (Phi) is 8.04. The van der Waals surface area contributed by atoms with Crippen LogP contribution in [0.2, 0.25) is 0 Å². The number of hydrogen-bond donors (Lipinski definition) is 0. The van der Waals surface area contributed by atoms with Gasteiger partial charge in [-0.15, -0.1) is 11.6 Å². The van der Waals surface area contributed by atoms with Crippen LogP contribution in [0.1, 0.15) is 30.0 Å².